The predicted molar refractivity (Wildman–Crippen MR) is 87.0 cm³/mol. The predicted octanol–water partition coefficient (Wildman–Crippen LogP) is 4.42. The molecule has 3 nitrogen and oxygen atoms in total. The number of rotatable bonds is 4. The van der Waals surface area contributed by atoms with Crippen LogP contribution in [0.2, 0.25) is 0 Å². The molecule has 1 heterocycles. The van der Waals surface area contributed by atoms with E-state index >= 15 is 0 Å². The molecule has 0 spiro atoms. The molecule has 1 aliphatic rings. The highest BCUT2D eigenvalue weighted by Gasteiger charge is 2.11. The third-order valence-electron chi connectivity index (χ3n) is 4.14. The summed E-state index contributed by atoms with van der Waals surface area (Å²) >= 11 is 0. The van der Waals surface area contributed by atoms with Gasteiger partial charge in [-0.1, -0.05) is 22.8 Å². The number of aromatic carboxylic acids is 1. The summed E-state index contributed by atoms with van der Waals surface area (Å²) in [6.45, 7) is 7.33. The normalized spacial score (nSPS) is 13.6. The van der Waals surface area contributed by atoms with Crippen molar-refractivity contribution in [3.05, 3.63) is 52.1 Å². The van der Waals surface area contributed by atoms with Crippen LogP contribution in [0.25, 0.3) is 0 Å². The molecule has 3 heteroatoms. The van der Waals surface area contributed by atoms with E-state index in [9.17, 15) is 4.79 Å². The van der Waals surface area contributed by atoms with Crippen molar-refractivity contribution in [3.63, 3.8) is 0 Å². The van der Waals surface area contributed by atoms with Crippen molar-refractivity contribution >= 4 is 11.7 Å². The van der Waals surface area contributed by atoms with Crippen molar-refractivity contribution in [2.45, 2.75) is 40.0 Å². The Balaban J connectivity index is 2.08. The van der Waals surface area contributed by atoms with E-state index in [0.29, 0.717) is 5.56 Å². The van der Waals surface area contributed by atoms with E-state index in [0.717, 1.165) is 37.1 Å². The molecule has 0 fully saturated rings. The summed E-state index contributed by atoms with van der Waals surface area (Å²) in [6.07, 6.45) is 5.19. The molecule has 0 atom stereocenters. The molecule has 1 aromatic carbocycles. The molecule has 0 radical (unpaired) electrons. The molecule has 0 aliphatic carbocycles. The standard InChI is InChI=1S/C18H23NO2/c1-12(2)13(3)4-5-14-6-7-15-10-16(18(20)21)8-9-17(15)19-11-14/h6,8-10,19H,4-5,7,11H2,1-3H3,(H,20,21). The number of anilines is 1. The van der Waals surface area contributed by atoms with Gasteiger partial charge in [0.15, 0.2) is 0 Å². The maximum Gasteiger partial charge on any atom is 0.335 e. The highest BCUT2D eigenvalue weighted by atomic mass is 16.4. The highest BCUT2D eigenvalue weighted by Crippen LogP contribution is 2.24. The zero-order valence-corrected chi connectivity index (χ0v) is 13.0. The van der Waals surface area contributed by atoms with E-state index in [-0.39, 0.29) is 0 Å². The van der Waals surface area contributed by atoms with Gasteiger partial charge in [0.25, 0.3) is 0 Å². The van der Waals surface area contributed by atoms with Gasteiger partial charge in [-0.25, -0.2) is 4.79 Å². The molecular weight excluding hydrogens is 262 g/mol. The molecule has 0 aromatic heterocycles. The van der Waals surface area contributed by atoms with E-state index in [2.05, 4.69) is 32.2 Å². The molecule has 0 bridgehead atoms. The first-order chi connectivity index (χ1) is 9.97. The summed E-state index contributed by atoms with van der Waals surface area (Å²) < 4.78 is 0. The van der Waals surface area contributed by atoms with Crippen molar-refractivity contribution in [2.75, 3.05) is 11.9 Å². The minimum absolute atomic E-state index is 0.354. The summed E-state index contributed by atoms with van der Waals surface area (Å²) in [4.78, 5) is 11.0. The number of hydrogen-bond acceptors (Lipinski definition) is 2. The summed E-state index contributed by atoms with van der Waals surface area (Å²) in [6, 6.07) is 5.30. The lowest BCUT2D eigenvalue weighted by atomic mass is 10.0. The van der Waals surface area contributed by atoms with Gasteiger partial charge >= 0.3 is 5.97 Å². The number of benzene rings is 1. The van der Waals surface area contributed by atoms with E-state index < -0.39 is 5.97 Å². The topological polar surface area (TPSA) is 49.3 Å². The fourth-order valence-electron chi connectivity index (χ4n) is 2.39. The molecule has 21 heavy (non-hydrogen) atoms. The maximum absolute atomic E-state index is 11.0. The summed E-state index contributed by atoms with van der Waals surface area (Å²) in [5, 5.41) is 12.5. The van der Waals surface area contributed by atoms with Crippen LogP contribution >= 0.6 is 0 Å². The second-order valence-corrected chi connectivity index (χ2v) is 5.88. The zero-order chi connectivity index (χ0) is 15.4. The molecule has 0 saturated heterocycles. The van der Waals surface area contributed by atoms with Crippen LogP contribution in [0.1, 0.15) is 49.5 Å². The monoisotopic (exact) mass is 285 g/mol. The number of hydrogen-bond donors (Lipinski definition) is 2. The van der Waals surface area contributed by atoms with Crippen LogP contribution in [0.5, 0.6) is 0 Å². The molecule has 0 saturated carbocycles. The second-order valence-electron chi connectivity index (χ2n) is 5.88. The lowest BCUT2D eigenvalue weighted by Gasteiger charge is -2.10. The van der Waals surface area contributed by atoms with Gasteiger partial charge in [-0.3, -0.25) is 0 Å². The van der Waals surface area contributed by atoms with Gasteiger partial charge in [0.05, 0.1) is 5.56 Å². The minimum atomic E-state index is -0.870. The second kappa shape index (κ2) is 6.61. The zero-order valence-electron chi connectivity index (χ0n) is 13.0. The number of allylic oxidation sites excluding steroid dienone is 3. The van der Waals surface area contributed by atoms with Gasteiger partial charge in [-0.05, 0) is 63.8 Å². The van der Waals surface area contributed by atoms with Crippen LogP contribution in [0.3, 0.4) is 0 Å². The Morgan fingerprint density at radius 1 is 1.29 bits per heavy atom. The third-order valence-corrected chi connectivity index (χ3v) is 4.14. The molecule has 2 rings (SSSR count). The Morgan fingerprint density at radius 3 is 2.71 bits per heavy atom. The van der Waals surface area contributed by atoms with Crippen LogP contribution in [-0.2, 0) is 6.42 Å². The van der Waals surface area contributed by atoms with Gasteiger partial charge in [0, 0.05) is 12.2 Å². The van der Waals surface area contributed by atoms with Gasteiger partial charge in [-0.15, -0.1) is 0 Å². The Hall–Kier alpha value is -2.03. The first-order valence-corrected chi connectivity index (χ1v) is 7.38. The quantitative estimate of drug-likeness (QED) is 0.805. The highest BCUT2D eigenvalue weighted by molar-refractivity contribution is 5.88. The van der Waals surface area contributed by atoms with Crippen LogP contribution in [0, 0.1) is 0 Å². The van der Waals surface area contributed by atoms with Crippen molar-refractivity contribution in [1.29, 1.82) is 0 Å². The van der Waals surface area contributed by atoms with E-state index in [1.807, 2.05) is 6.07 Å². The number of fused-ring (bicyclic) bond motifs is 1. The van der Waals surface area contributed by atoms with Crippen molar-refractivity contribution in [2.24, 2.45) is 0 Å². The summed E-state index contributed by atoms with van der Waals surface area (Å²) in [5.74, 6) is -0.870. The van der Waals surface area contributed by atoms with Gasteiger partial charge in [0.2, 0.25) is 0 Å². The number of carbonyl (C=O) groups is 1. The molecule has 0 amide bonds. The third kappa shape index (κ3) is 3.97. The molecule has 112 valence electrons. The SMILES string of the molecule is CC(C)=C(C)CCC1=CCc2cc(C(=O)O)ccc2NC1. The van der Waals surface area contributed by atoms with Crippen LogP contribution < -0.4 is 5.32 Å². The number of carboxylic acids is 1. The Morgan fingerprint density at radius 2 is 2.05 bits per heavy atom. The number of nitrogens with one attached hydrogen (secondary N) is 1. The first kappa shape index (κ1) is 15.4. The average molecular weight is 285 g/mol. The molecule has 1 aliphatic heterocycles. The number of carboxylic acid groups (broad SMARTS) is 1. The largest absolute Gasteiger partial charge is 0.478 e. The van der Waals surface area contributed by atoms with Crippen molar-refractivity contribution in [3.8, 4) is 0 Å². The Labute approximate surface area is 126 Å². The fourth-order valence-corrected chi connectivity index (χ4v) is 2.39. The minimum Gasteiger partial charge on any atom is -0.478 e. The van der Waals surface area contributed by atoms with Crippen molar-refractivity contribution in [1.82, 2.24) is 0 Å². The lowest BCUT2D eigenvalue weighted by Crippen LogP contribution is -2.05. The smallest absolute Gasteiger partial charge is 0.335 e. The van der Waals surface area contributed by atoms with E-state index in [1.165, 1.54) is 16.7 Å². The van der Waals surface area contributed by atoms with Gasteiger partial charge < -0.3 is 10.4 Å². The molecular formula is C18H23NO2. The summed E-state index contributed by atoms with van der Waals surface area (Å²) in [5.41, 5.74) is 6.70. The van der Waals surface area contributed by atoms with Gasteiger partial charge in [-0.2, -0.15) is 0 Å². The van der Waals surface area contributed by atoms with E-state index in [4.69, 9.17) is 5.11 Å². The van der Waals surface area contributed by atoms with Crippen molar-refractivity contribution < 1.29 is 9.90 Å². The van der Waals surface area contributed by atoms with Crippen LogP contribution in [-0.4, -0.2) is 17.6 Å². The average Bonchev–Trinajstić information content (AvgIpc) is 2.66. The van der Waals surface area contributed by atoms with Crippen LogP contribution in [0.4, 0.5) is 5.69 Å². The molecule has 2 N–H and O–H groups in total. The Bertz CT molecular complexity index is 608. The molecule has 0 unspecified atom stereocenters. The lowest BCUT2D eigenvalue weighted by molar-refractivity contribution is 0.0697. The molecule has 1 aromatic rings. The first-order valence-electron chi connectivity index (χ1n) is 7.38. The van der Waals surface area contributed by atoms with Gasteiger partial charge in [0.1, 0.15) is 0 Å². The van der Waals surface area contributed by atoms with E-state index in [1.54, 1.807) is 12.1 Å². The Kier molecular flexibility index (Phi) is 4.84. The maximum atomic E-state index is 11.0. The summed E-state index contributed by atoms with van der Waals surface area (Å²) in [7, 11) is 0. The fraction of sp³-hybridized carbons (Fsp3) is 0.389. The van der Waals surface area contributed by atoms with Crippen LogP contribution in [0.15, 0.2) is 41.0 Å².